The van der Waals surface area contributed by atoms with E-state index in [1.807, 2.05) is 24.3 Å². The number of benzene rings is 1. The molecule has 6 heteroatoms. The Morgan fingerprint density at radius 2 is 2.04 bits per heavy atom. The van der Waals surface area contributed by atoms with Crippen LogP contribution < -0.4 is 10.6 Å². The van der Waals surface area contributed by atoms with Crippen LogP contribution in [0, 0.1) is 0 Å². The standard InChI is InChI=1S/C19H23ClN4O/c20-15-6-4-5-14(13-15)9-11-21-18(25)17-10-12-22-19(24-17)23-16-7-2-1-3-8-16/h4-6,10,12-13,16H,1-3,7-9,11H2,(H,21,25)(H,22,23,24). The average molecular weight is 359 g/mol. The van der Waals surface area contributed by atoms with Crippen LogP contribution >= 0.6 is 11.6 Å². The number of carbonyl (C=O) groups is 1. The van der Waals surface area contributed by atoms with Crippen LogP contribution in [-0.2, 0) is 6.42 Å². The van der Waals surface area contributed by atoms with E-state index in [1.54, 1.807) is 12.3 Å². The number of carbonyl (C=O) groups excluding carboxylic acids is 1. The van der Waals surface area contributed by atoms with Crippen molar-refractivity contribution in [1.29, 1.82) is 0 Å². The summed E-state index contributed by atoms with van der Waals surface area (Å²) in [5, 5.41) is 6.95. The minimum atomic E-state index is -0.184. The Morgan fingerprint density at radius 1 is 1.20 bits per heavy atom. The molecule has 132 valence electrons. The van der Waals surface area contributed by atoms with Crippen LogP contribution in [0.15, 0.2) is 36.5 Å². The van der Waals surface area contributed by atoms with E-state index in [9.17, 15) is 4.79 Å². The van der Waals surface area contributed by atoms with Gasteiger partial charge in [0.25, 0.3) is 5.91 Å². The van der Waals surface area contributed by atoms with E-state index in [0.717, 1.165) is 24.8 Å². The minimum absolute atomic E-state index is 0.184. The predicted octanol–water partition coefficient (Wildman–Crippen LogP) is 3.85. The van der Waals surface area contributed by atoms with Crippen molar-refractivity contribution in [2.24, 2.45) is 0 Å². The van der Waals surface area contributed by atoms with Crippen molar-refractivity contribution in [3.8, 4) is 0 Å². The lowest BCUT2D eigenvalue weighted by atomic mass is 9.96. The molecule has 0 saturated heterocycles. The topological polar surface area (TPSA) is 66.9 Å². The van der Waals surface area contributed by atoms with Gasteiger partial charge in [0, 0.05) is 23.8 Å². The second-order valence-corrected chi connectivity index (χ2v) is 6.82. The molecule has 0 bridgehead atoms. The van der Waals surface area contributed by atoms with Crippen molar-refractivity contribution in [1.82, 2.24) is 15.3 Å². The zero-order valence-corrected chi connectivity index (χ0v) is 14.9. The van der Waals surface area contributed by atoms with Gasteiger partial charge in [-0.3, -0.25) is 4.79 Å². The summed E-state index contributed by atoms with van der Waals surface area (Å²) in [6.45, 7) is 0.536. The van der Waals surface area contributed by atoms with Crippen LogP contribution in [0.4, 0.5) is 5.95 Å². The van der Waals surface area contributed by atoms with Crippen molar-refractivity contribution < 1.29 is 4.79 Å². The molecule has 0 spiro atoms. The molecule has 1 heterocycles. The van der Waals surface area contributed by atoms with Gasteiger partial charge in [-0.15, -0.1) is 0 Å². The van der Waals surface area contributed by atoms with Gasteiger partial charge in [-0.1, -0.05) is 43.0 Å². The lowest BCUT2D eigenvalue weighted by molar-refractivity contribution is 0.0949. The number of hydrogen-bond acceptors (Lipinski definition) is 4. The largest absolute Gasteiger partial charge is 0.351 e. The molecule has 2 N–H and O–H groups in total. The number of rotatable bonds is 6. The number of amides is 1. The van der Waals surface area contributed by atoms with Gasteiger partial charge in [-0.2, -0.15) is 0 Å². The maximum absolute atomic E-state index is 12.3. The highest BCUT2D eigenvalue weighted by Gasteiger charge is 2.15. The summed E-state index contributed by atoms with van der Waals surface area (Å²) in [5.41, 5.74) is 1.48. The van der Waals surface area contributed by atoms with Gasteiger partial charge >= 0.3 is 0 Å². The third-order valence-electron chi connectivity index (χ3n) is 4.41. The number of halogens is 1. The Kier molecular flexibility index (Phi) is 6.23. The molecule has 3 rings (SSSR count). The highest BCUT2D eigenvalue weighted by atomic mass is 35.5. The molecule has 1 fully saturated rings. The zero-order chi connectivity index (χ0) is 17.5. The van der Waals surface area contributed by atoms with Crippen LogP contribution in [0.2, 0.25) is 5.02 Å². The third kappa shape index (κ3) is 5.43. The molecule has 1 amide bonds. The molecule has 0 radical (unpaired) electrons. The van der Waals surface area contributed by atoms with Crippen molar-refractivity contribution in [3.05, 3.63) is 52.8 Å². The molecule has 0 atom stereocenters. The van der Waals surface area contributed by atoms with Gasteiger partial charge in [0.2, 0.25) is 5.95 Å². The normalized spacial score (nSPS) is 14.9. The Balaban J connectivity index is 1.52. The summed E-state index contributed by atoms with van der Waals surface area (Å²) in [4.78, 5) is 20.9. The Bertz CT molecular complexity index is 716. The Morgan fingerprint density at radius 3 is 2.84 bits per heavy atom. The fourth-order valence-electron chi connectivity index (χ4n) is 3.09. The number of nitrogens with zero attached hydrogens (tertiary/aromatic N) is 2. The van der Waals surface area contributed by atoms with Crippen molar-refractivity contribution in [2.75, 3.05) is 11.9 Å². The van der Waals surface area contributed by atoms with E-state index in [-0.39, 0.29) is 5.91 Å². The second kappa shape index (κ2) is 8.81. The van der Waals surface area contributed by atoms with Gasteiger partial charge in [0.1, 0.15) is 5.69 Å². The summed E-state index contributed by atoms with van der Waals surface area (Å²) in [7, 11) is 0. The first-order valence-corrected chi connectivity index (χ1v) is 9.21. The first kappa shape index (κ1) is 17.7. The number of hydrogen-bond donors (Lipinski definition) is 2. The maximum Gasteiger partial charge on any atom is 0.270 e. The van der Waals surface area contributed by atoms with E-state index >= 15 is 0 Å². The van der Waals surface area contributed by atoms with Crippen LogP contribution in [0.5, 0.6) is 0 Å². The van der Waals surface area contributed by atoms with Crippen LogP contribution in [-0.4, -0.2) is 28.5 Å². The van der Waals surface area contributed by atoms with Crippen LogP contribution in [0.25, 0.3) is 0 Å². The van der Waals surface area contributed by atoms with Crippen molar-refractivity contribution in [3.63, 3.8) is 0 Å². The monoisotopic (exact) mass is 358 g/mol. The van der Waals surface area contributed by atoms with Crippen LogP contribution in [0.3, 0.4) is 0 Å². The minimum Gasteiger partial charge on any atom is -0.351 e. The highest BCUT2D eigenvalue weighted by molar-refractivity contribution is 6.30. The molecule has 1 aromatic heterocycles. The Labute approximate surface area is 153 Å². The fraction of sp³-hybridized carbons (Fsp3) is 0.421. The maximum atomic E-state index is 12.3. The molecule has 1 saturated carbocycles. The molecule has 0 unspecified atom stereocenters. The molecule has 5 nitrogen and oxygen atoms in total. The molecule has 2 aromatic rings. The first-order chi connectivity index (χ1) is 12.2. The SMILES string of the molecule is O=C(NCCc1cccc(Cl)c1)c1ccnc(NC2CCCCC2)n1. The van der Waals surface area contributed by atoms with Gasteiger partial charge in [-0.25, -0.2) is 9.97 Å². The van der Waals surface area contributed by atoms with Gasteiger partial charge in [0.15, 0.2) is 0 Å². The smallest absolute Gasteiger partial charge is 0.270 e. The summed E-state index contributed by atoms with van der Waals surface area (Å²) in [5.74, 6) is 0.352. The average Bonchev–Trinajstić information content (AvgIpc) is 2.63. The molecule has 1 aliphatic carbocycles. The quantitative estimate of drug-likeness (QED) is 0.823. The van der Waals surface area contributed by atoms with Gasteiger partial charge in [-0.05, 0) is 43.0 Å². The van der Waals surface area contributed by atoms with Crippen molar-refractivity contribution in [2.45, 2.75) is 44.6 Å². The third-order valence-corrected chi connectivity index (χ3v) is 4.65. The summed E-state index contributed by atoms with van der Waals surface area (Å²) in [6, 6.07) is 9.70. The summed E-state index contributed by atoms with van der Waals surface area (Å²) in [6.07, 6.45) is 8.41. The van der Waals surface area contributed by atoms with E-state index in [1.165, 1.54) is 19.3 Å². The van der Waals surface area contributed by atoms with E-state index in [2.05, 4.69) is 20.6 Å². The fourth-order valence-corrected chi connectivity index (χ4v) is 3.30. The lowest BCUT2D eigenvalue weighted by Gasteiger charge is -2.22. The number of nitrogens with one attached hydrogen (secondary N) is 2. The molecule has 25 heavy (non-hydrogen) atoms. The van der Waals surface area contributed by atoms with Gasteiger partial charge in [0.05, 0.1) is 0 Å². The highest BCUT2D eigenvalue weighted by Crippen LogP contribution is 2.20. The zero-order valence-electron chi connectivity index (χ0n) is 14.2. The van der Waals surface area contributed by atoms with E-state index in [4.69, 9.17) is 11.6 Å². The Hall–Kier alpha value is -2.14. The van der Waals surface area contributed by atoms with E-state index < -0.39 is 0 Å². The molecule has 1 aromatic carbocycles. The summed E-state index contributed by atoms with van der Waals surface area (Å²) >= 11 is 5.97. The molecular formula is C19H23ClN4O. The molecule has 1 aliphatic rings. The lowest BCUT2D eigenvalue weighted by Crippen LogP contribution is -2.28. The predicted molar refractivity (Wildman–Crippen MR) is 100 cm³/mol. The van der Waals surface area contributed by atoms with E-state index in [0.29, 0.717) is 29.3 Å². The molecular weight excluding hydrogens is 336 g/mol. The molecule has 0 aliphatic heterocycles. The van der Waals surface area contributed by atoms with Crippen molar-refractivity contribution >= 4 is 23.5 Å². The van der Waals surface area contributed by atoms with Gasteiger partial charge < -0.3 is 10.6 Å². The summed E-state index contributed by atoms with van der Waals surface area (Å²) < 4.78 is 0. The number of anilines is 1. The number of aromatic nitrogens is 2. The van der Waals surface area contributed by atoms with Crippen LogP contribution in [0.1, 0.15) is 48.2 Å². The second-order valence-electron chi connectivity index (χ2n) is 6.38. The first-order valence-electron chi connectivity index (χ1n) is 8.83.